The number of hydrogen-bond donors (Lipinski definition) is 2. The lowest BCUT2D eigenvalue weighted by Gasteiger charge is -2.24. The summed E-state index contributed by atoms with van der Waals surface area (Å²) in [5.74, 6) is -0.168. The van der Waals surface area contributed by atoms with Gasteiger partial charge in [-0.05, 0) is 31.9 Å². The second kappa shape index (κ2) is 14.2. The molecule has 0 aliphatic carbocycles. The minimum Gasteiger partial charge on any atom is -0.444 e. The Kier molecular flexibility index (Phi) is 9.88. The van der Waals surface area contributed by atoms with Gasteiger partial charge in [0.2, 0.25) is 5.91 Å². The molecule has 3 heterocycles. The summed E-state index contributed by atoms with van der Waals surface area (Å²) in [4.78, 5) is 53.0. The number of likely N-dealkylation sites (tertiary alicyclic amines) is 1. The first kappa shape index (κ1) is 31.4. The highest BCUT2D eigenvalue weighted by atomic mass is 16.6. The van der Waals surface area contributed by atoms with E-state index >= 15 is 0 Å². The fraction of sp³-hybridized carbons (Fsp3) is 0.375. The van der Waals surface area contributed by atoms with Crippen LogP contribution in [0.3, 0.4) is 0 Å². The summed E-state index contributed by atoms with van der Waals surface area (Å²) in [6.07, 6.45) is 1.53. The van der Waals surface area contributed by atoms with Gasteiger partial charge in [0.05, 0.1) is 25.6 Å². The van der Waals surface area contributed by atoms with Gasteiger partial charge in [0.1, 0.15) is 25.1 Å². The number of amides is 3. The number of anilines is 1. The number of hydrogen-bond acceptors (Lipinski definition) is 9. The molecule has 2 atom stereocenters. The molecule has 236 valence electrons. The zero-order chi connectivity index (χ0) is 31.8. The molecule has 4 aromatic rings. The van der Waals surface area contributed by atoms with Crippen molar-refractivity contribution in [1.82, 2.24) is 29.7 Å². The number of aromatic nitrogens is 4. The highest BCUT2D eigenvalue weighted by Crippen LogP contribution is 2.22. The summed E-state index contributed by atoms with van der Waals surface area (Å²) in [6.45, 7) is 6.87. The van der Waals surface area contributed by atoms with E-state index in [0.717, 1.165) is 11.1 Å². The second-order valence-corrected chi connectivity index (χ2v) is 11.8. The molecule has 2 aromatic carbocycles. The fourth-order valence-corrected chi connectivity index (χ4v) is 4.96. The Hall–Kier alpha value is -5.04. The SMILES string of the molecule is CC(C)(C)OC(=O)NC1CN(C(=O)Cn2cnc3c(NC(=O)OCc4ccccc4)ncnc32)CC1COCc1ccccc1. The Labute approximate surface area is 260 Å². The number of nitrogens with zero attached hydrogens (tertiary/aromatic N) is 5. The molecule has 45 heavy (non-hydrogen) atoms. The van der Waals surface area contributed by atoms with Gasteiger partial charge in [-0.3, -0.25) is 10.1 Å². The molecular weight excluding hydrogens is 578 g/mol. The molecule has 13 nitrogen and oxygen atoms in total. The normalized spacial score (nSPS) is 16.4. The molecule has 5 rings (SSSR count). The van der Waals surface area contributed by atoms with Gasteiger partial charge in [-0.15, -0.1) is 0 Å². The number of rotatable bonds is 10. The smallest absolute Gasteiger partial charge is 0.413 e. The molecule has 1 fully saturated rings. The van der Waals surface area contributed by atoms with Gasteiger partial charge in [0.15, 0.2) is 17.0 Å². The highest BCUT2D eigenvalue weighted by molar-refractivity contribution is 5.93. The third-order valence-corrected chi connectivity index (χ3v) is 7.08. The maximum Gasteiger partial charge on any atom is 0.413 e. The molecule has 1 aliphatic rings. The third kappa shape index (κ3) is 8.76. The van der Waals surface area contributed by atoms with E-state index in [1.54, 1.807) is 30.2 Å². The first-order valence-electron chi connectivity index (χ1n) is 14.7. The number of benzene rings is 2. The van der Waals surface area contributed by atoms with Crippen LogP contribution in [0.2, 0.25) is 0 Å². The average Bonchev–Trinajstić information content (AvgIpc) is 3.61. The Balaban J connectivity index is 1.22. The van der Waals surface area contributed by atoms with E-state index in [2.05, 4.69) is 25.6 Å². The van der Waals surface area contributed by atoms with Crippen molar-refractivity contribution in [3.05, 3.63) is 84.4 Å². The van der Waals surface area contributed by atoms with Crippen LogP contribution in [0, 0.1) is 5.92 Å². The largest absolute Gasteiger partial charge is 0.444 e. The lowest BCUT2D eigenvalue weighted by atomic mass is 10.1. The number of nitrogens with one attached hydrogen (secondary N) is 2. The molecule has 0 saturated carbocycles. The summed E-state index contributed by atoms with van der Waals surface area (Å²) < 4.78 is 18.3. The van der Waals surface area contributed by atoms with E-state index in [9.17, 15) is 14.4 Å². The number of imidazole rings is 1. The van der Waals surface area contributed by atoms with Crippen molar-refractivity contribution in [1.29, 1.82) is 0 Å². The molecule has 1 aliphatic heterocycles. The Morgan fingerprint density at radius 3 is 2.27 bits per heavy atom. The van der Waals surface area contributed by atoms with Crippen LogP contribution in [0.5, 0.6) is 0 Å². The van der Waals surface area contributed by atoms with Gasteiger partial charge >= 0.3 is 12.2 Å². The quantitative estimate of drug-likeness (QED) is 0.268. The first-order valence-corrected chi connectivity index (χ1v) is 14.7. The van der Waals surface area contributed by atoms with E-state index < -0.39 is 17.8 Å². The topological polar surface area (TPSA) is 150 Å². The van der Waals surface area contributed by atoms with E-state index in [1.165, 1.54) is 12.7 Å². The number of carbonyl (C=O) groups excluding carboxylic acids is 3. The van der Waals surface area contributed by atoms with Crippen molar-refractivity contribution in [2.24, 2.45) is 5.92 Å². The predicted octanol–water partition coefficient (Wildman–Crippen LogP) is 4.14. The Bertz CT molecular complexity index is 1610. The van der Waals surface area contributed by atoms with Crippen molar-refractivity contribution < 1.29 is 28.6 Å². The van der Waals surface area contributed by atoms with Crippen molar-refractivity contribution in [3.63, 3.8) is 0 Å². The van der Waals surface area contributed by atoms with Crippen LogP contribution in [0.1, 0.15) is 31.9 Å². The molecule has 13 heteroatoms. The maximum atomic E-state index is 13.5. The standard InChI is InChI=1S/C32H37N7O6/c1-32(2,3)45-31(42)36-25-15-38(14-24(25)19-43-17-22-10-6-4-7-11-22)26(40)16-39-21-35-27-28(33-20-34-29(27)39)37-30(41)44-18-23-12-8-5-9-13-23/h4-13,20-21,24-25H,14-19H2,1-3H3,(H,36,42)(H,33,34,37,41). The fourth-order valence-electron chi connectivity index (χ4n) is 4.96. The lowest BCUT2D eigenvalue weighted by Crippen LogP contribution is -2.44. The van der Waals surface area contributed by atoms with E-state index in [1.807, 2.05) is 60.7 Å². The molecule has 2 N–H and O–H groups in total. The minimum atomic E-state index is -0.689. The number of fused-ring (bicyclic) bond motifs is 1. The summed E-state index contributed by atoms with van der Waals surface area (Å²) >= 11 is 0. The summed E-state index contributed by atoms with van der Waals surface area (Å²) in [5.41, 5.74) is 1.92. The van der Waals surface area contributed by atoms with Gasteiger partial charge in [-0.25, -0.2) is 24.5 Å². The van der Waals surface area contributed by atoms with E-state index in [-0.39, 0.29) is 36.8 Å². The summed E-state index contributed by atoms with van der Waals surface area (Å²) in [6, 6.07) is 18.7. The van der Waals surface area contributed by atoms with Gasteiger partial charge in [-0.2, -0.15) is 0 Å². The van der Waals surface area contributed by atoms with Crippen LogP contribution in [-0.4, -0.2) is 73.9 Å². The zero-order valence-electron chi connectivity index (χ0n) is 25.5. The Morgan fingerprint density at radius 2 is 1.58 bits per heavy atom. The van der Waals surface area contributed by atoms with Crippen molar-refractivity contribution >= 4 is 35.1 Å². The molecule has 0 bridgehead atoms. The van der Waals surface area contributed by atoms with E-state index in [0.29, 0.717) is 37.5 Å². The average molecular weight is 616 g/mol. The van der Waals surface area contributed by atoms with Crippen molar-refractivity contribution in [2.45, 2.75) is 52.2 Å². The predicted molar refractivity (Wildman–Crippen MR) is 165 cm³/mol. The van der Waals surface area contributed by atoms with Gasteiger partial charge in [-0.1, -0.05) is 60.7 Å². The monoisotopic (exact) mass is 615 g/mol. The molecule has 0 radical (unpaired) electrons. The maximum absolute atomic E-state index is 13.5. The van der Waals surface area contributed by atoms with Gasteiger partial charge < -0.3 is 29.0 Å². The summed E-state index contributed by atoms with van der Waals surface area (Å²) in [5, 5.41) is 5.53. The van der Waals surface area contributed by atoms with Crippen molar-refractivity contribution in [3.8, 4) is 0 Å². The zero-order valence-corrected chi connectivity index (χ0v) is 25.5. The third-order valence-electron chi connectivity index (χ3n) is 7.08. The van der Waals surface area contributed by atoms with Crippen LogP contribution in [0.25, 0.3) is 11.2 Å². The molecule has 3 amide bonds. The Morgan fingerprint density at radius 1 is 0.889 bits per heavy atom. The van der Waals surface area contributed by atoms with Crippen LogP contribution in [0.4, 0.5) is 15.4 Å². The molecular formula is C32H37N7O6. The van der Waals surface area contributed by atoms with Gasteiger partial charge in [0, 0.05) is 19.0 Å². The molecule has 2 aromatic heterocycles. The van der Waals surface area contributed by atoms with Gasteiger partial charge in [0.25, 0.3) is 0 Å². The molecule has 2 unspecified atom stereocenters. The van der Waals surface area contributed by atoms with Crippen LogP contribution < -0.4 is 10.6 Å². The second-order valence-electron chi connectivity index (χ2n) is 11.8. The molecule has 1 saturated heterocycles. The van der Waals surface area contributed by atoms with Crippen LogP contribution >= 0.6 is 0 Å². The summed E-state index contributed by atoms with van der Waals surface area (Å²) in [7, 11) is 0. The number of carbonyl (C=O) groups is 3. The number of ether oxygens (including phenoxy) is 3. The number of alkyl carbamates (subject to hydrolysis) is 1. The van der Waals surface area contributed by atoms with Crippen LogP contribution in [0.15, 0.2) is 73.3 Å². The lowest BCUT2D eigenvalue weighted by molar-refractivity contribution is -0.131. The van der Waals surface area contributed by atoms with E-state index in [4.69, 9.17) is 14.2 Å². The molecule has 0 spiro atoms. The van der Waals surface area contributed by atoms with Crippen LogP contribution in [-0.2, 0) is 38.8 Å². The van der Waals surface area contributed by atoms with Crippen molar-refractivity contribution in [2.75, 3.05) is 25.0 Å². The minimum absolute atomic E-state index is 0.0534. The highest BCUT2D eigenvalue weighted by Gasteiger charge is 2.37. The first-order chi connectivity index (χ1) is 21.6.